The van der Waals surface area contributed by atoms with Crippen molar-refractivity contribution in [2.45, 2.75) is 23.4 Å². The van der Waals surface area contributed by atoms with E-state index in [1.165, 1.54) is 12.1 Å². The van der Waals surface area contributed by atoms with Crippen molar-refractivity contribution < 1.29 is 18.3 Å². The van der Waals surface area contributed by atoms with E-state index >= 15 is 0 Å². The van der Waals surface area contributed by atoms with Crippen LogP contribution >= 0.6 is 11.8 Å². The maximum Gasteiger partial charge on any atom is 0.416 e. The molecule has 0 heterocycles. The molecule has 0 amide bonds. The van der Waals surface area contributed by atoms with Gasteiger partial charge >= 0.3 is 6.18 Å². The minimum absolute atomic E-state index is 0.619. The van der Waals surface area contributed by atoms with Gasteiger partial charge in [0.05, 0.1) is 5.56 Å². The van der Waals surface area contributed by atoms with Crippen molar-refractivity contribution in [2.24, 2.45) is 0 Å². The van der Waals surface area contributed by atoms with E-state index in [4.69, 9.17) is 5.11 Å². The van der Waals surface area contributed by atoms with E-state index in [2.05, 4.69) is 0 Å². The molecule has 1 N–H and O–H groups in total. The van der Waals surface area contributed by atoms with Gasteiger partial charge in [-0.1, -0.05) is 11.8 Å². The summed E-state index contributed by atoms with van der Waals surface area (Å²) in [6.45, 7) is 1.56. The van der Waals surface area contributed by atoms with Gasteiger partial charge in [0.15, 0.2) is 0 Å². The normalized spacial score (nSPS) is 14.1. The summed E-state index contributed by atoms with van der Waals surface area (Å²) in [4.78, 5) is 0.619. The topological polar surface area (TPSA) is 20.2 Å². The molecule has 0 aliphatic rings. The van der Waals surface area contributed by atoms with Gasteiger partial charge in [0.1, 0.15) is 5.44 Å². The predicted molar refractivity (Wildman–Crippen MR) is 49.0 cm³/mol. The SMILES string of the molecule is CC(O)Sc1ccc(C(F)(F)F)cc1. The molecule has 1 atom stereocenters. The lowest BCUT2D eigenvalue weighted by Gasteiger charge is -2.08. The quantitative estimate of drug-likeness (QED) is 0.612. The minimum Gasteiger partial charge on any atom is -0.382 e. The van der Waals surface area contributed by atoms with Crippen molar-refractivity contribution in [2.75, 3.05) is 0 Å². The Kier molecular flexibility index (Phi) is 3.44. The maximum atomic E-state index is 12.1. The first-order valence-electron chi connectivity index (χ1n) is 3.91. The molecule has 1 aromatic rings. The third-order valence-corrected chi connectivity index (χ3v) is 2.37. The first-order valence-corrected chi connectivity index (χ1v) is 4.79. The first kappa shape index (κ1) is 11.4. The van der Waals surface area contributed by atoms with E-state index in [1.807, 2.05) is 0 Å². The molecular formula is C9H9F3OS. The van der Waals surface area contributed by atoms with E-state index in [9.17, 15) is 13.2 Å². The van der Waals surface area contributed by atoms with Crippen LogP contribution in [0.25, 0.3) is 0 Å². The summed E-state index contributed by atoms with van der Waals surface area (Å²) in [6.07, 6.45) is -4.30. The molecule has 14 heavy (non-hydrogen) atoms. The summed E-state index contributed by atoms with van der Waals surface area (Å²) in [5.41, 5.74) is -1.29. The number of hydrogen-bond acceptors (Lipinski definition) is 2. The second-order valence-corrected chi connectivity index (χ2v) is 4.13. The molecule has 0 saturated heterocycles. The van der Waals surface area contributed by atoms with Crippen LogP contribution in [0.4, 0.5) is 13.2 Å². The summed E-state index contributed by atoms with van der Waals surface area (Å²) in [7, 11) is 0. The zero-order valence-corrected chi connectivity index (χ0v) is 8.19. The Morgan fingerprint density at radius 1 is 1.21 bits per heavy atom. The van der Waals surface area contributed by atoms with Gasteiger partial charge in [-0.2, -0.15) is 13.2 Å². The average molecular weight is 222 g/mol. The van der Waals surface area contributed by atoms with Crippen molar-refractivity contribution in [3.63, 3.8) is 0 Å². The van der Waals surface area contributed by atoms with Crippen LogP contribution in [0.5, 0.6) is 0 Å². The van der Waals surface area contributed by atoms with Crippen LogP contribution in [0.15, 0.2) is 29.2 Å². The molecule has 1 nitrogen and oxygen atoms in total. The zero-order valence-electron chi connectivity index (χ0n) is 7.38. The lowest BCUT2D eigenvalue weighted by molar-refractivity contribution is -0.137. The Hall–Kier alpha value is -0.680. The number of rotatable bonds is 2. The van der Waals surface area contributed by atoms with E-state index in [0.717, 1.165) is 23.9 Å². The highest BCUT2D eigenvalue weighted by atomic mass is 32.2. The third-order valence-electron chi connectivity index (χ3n) is 1.49. The molecule has 0 saturated carbocycles. The van der Waals surface area contributed by atoms with Crippen LogP contribution in [0.3, 0.4) is 0 Å². The molecule has 0 spiro atoms. The van der Waals surface area contributed by atoms with Crippen LogP contribution in [0.1, 0.15) is 12.5 Å². The van der Waals surface area contributed by atoms with Crippen LogP contribution < -0.4 is 0 Å². The Labute approximate surface area is 83.9 Å². The van der Waals surface area contributed by atoms with Gasteiger partial charge < -0.3 is 5.11 Å². The molecule has 0 aromatic heterocycles. The van der Waals surface area contributed by atoms with Gasteiger partial charge in [-0.15, -0.1) is 0 Å². The van der Waals surface area contributed by atoms with Gasteiger partial charge in [0.25, 0.3) is 0 Å². The molecule has 1 unspecified atom stereocenters. The largest absolute Gasteiger partial charge is 0.416 e. The first-order chi connectivity index (χ1) is 6.39. The summed E-state index contributed by atoms with van der Waals surface area (Å²) in [5, 5.41) is 8.98. The highest BCUT2D eigenvalue weighted by Crippen LogP contribution is 2.31. The van der Waals surface area contributed by atoms with Crippen LogP contribution in [0, 0.1) is 0 Å². The molecule has 78 valence electrons. The number of halogens is 3. The lowest BCUT2D eigenvalue weighted by Crippen LogP contribution is -2.04. The molecule has 1 aromatic carbocycles. The van der Waals surface area contributed by atoms with E-state index in [0.29, 0.717) is 4.90 Å². The maximum absolute atomic E-state index is 12.1. The fourth-order valence-corrected chi connectivity index (χ4v) is 1.61. The predicted octanol–water partition coefficient (Wildman–Crippen LogP) is 3.14. The van der Waals surface area contributed by atoms with Gasteiger partial charge in [-0.05, 0) is 31.2 Å². The van der Waals surface area contributed by atoms with Crippen LogP contribution in [-0.4, -0.2) is 10.5 Å². The summed E-state index contributed by atoms with van der Waals surface area (Å²) in [5.74, 6) is 0. The Morgan fingerprint density at radius 2 is 1.71 bits per heavy atom. The van der Waals surface area contributed by atoms with Crippen molar-refractivity contribution >= 4 is 11.8 Å². The molecule has 0 aliphatic carbocycles. The number of hydrogen-bond donors (Lipinski definition) is 1. The molecule has 1 rings (SSSR count). The smallest absolute Gasteiger partial charge is 0.382 e. The van der Waals surface area contributed by atoms with E-state index < -0.39 is 17.2 Å². The highest BCUT2D eigenvalue weighted by molar-refractivity contribution is 7.99. The number of benzene rings is 1. The molecule has 5 heteroatoms. The van der Waals surface area contributed by atoms with Crippen molar-refractivity contribution in [1.82, 2.24) is 0 Å². The molecule has 0 fully saturated rings. The van der Waals surface area contributed by atoms with Crippen molar-refractivity contribution in [1.29, 1.82) is 0 Å². The van der Waals surface area contributed by atoms with Gasteiger partial charge in [0.2, 0.25) is 0 Å². The van der Waals surface area contributed by atoms with E-state index in [-0.39, 0.29) is 0 Å². The Bertz CT molecular complexity index is 292. The van der Waals surface area contributed by atoms with Crippen LogP contribution in [0.2, 0.25) is 0 Å². The fourth-order valence-electron chi connectivity index (χ4n) is 0.919. The third kappa shape index (κ3) is 3.23. The number of thioether (sulfide) groups is 1. The molecule has 0 bridgehead atoms. The van der Waals surface area contributed by atoms with E-state index in [1.54, 1.807) is 6.92 Å². The average Bonchev–Trinajstić information content (AvgIpc) is 2.02. The second-order valence-electron chi connectivity index (χ2n) is 2.74. The minimum atomic E-state index is -4.30. The molecule has 0 aliphatic heterocycles. The summed E-state index contributed by atoms with van der Waals surface area (Å²) < 4.78 is 36.4. The van der Waals surface area contributed by atoms with Crippen molar-refractivity contribution in [3.05, 3.63) is 29.8 Å². The summed E-state index contributed by atoms with van der Waals surface area (Å²) in [6, 6.07) is 4.70. The standard InChI is InChI=1S/C9H9F3OS/c1-6(13)14-8-4-2-7(3-5-8)9(10,11)12/h2-6,13H,1H3. The Morgan fingerprint density at radius 3 is 2.07 bits per heavy atom. The molecular weight excluding hydrogens is 213 g/mol. The monoisotopic (exact) mass is 222 g/mol. The van der Waals surface area contributed by atoms with Gasteiger partial charge in [0, 0.05) is 4.90 Å². The highest BCUT2D eigenvalue weighted by Gasteiger charge is 2.29. The zero-order chi connectivity index (χ0) is 10.8. The Balaban J connectivity index is 2.79. The lowest BCUT2D eigenvalue weighted by atomic mass is 10.2. The van der Waals surface area contributed by atoms with Gasteiger partial charge in [-0.25, -0.2) is 0 Å². The number of alkyl halides is 3. The number of aliphatic hydroxyl groups excluding tert-OH is 1. The number of aliphatic hydroxyl groups is 1. The van der Waals surface area contributed by atoms with Crippen molar-refractivity contribution in [3.8, 4) is 0 Å². The summed E-state index contributed by atoms with van der Waals surface area (Å²) >= 11 is 1.11. The van der Waals surface area contributed by atoms with Gasteiger partial charge in [-0.3, -0.25) is 0 Å². The second kappa shape index (κ2) is 4.23. The molecule has 0 radical (unpaired) electrons. The van der Waals surface area contributed by atoms with Crippen LogP contribution in [-0.2, 0) is 6.18 Å². The fraction of sp³-hybridized carbons (Fsp3) is 0.333.